The van der Waals surface area contributed by atoms with Crippen LogP contribution in [0.4, 0.5) is 8.78 Å². The summed E-state index contributed by atoms with van der Waals surface area (Å²) in [7, 11) is 0. The molecule has 0 heterocycles. The average molecular weight is 222 g/mol. The van der Waals surface area contributed by atoms with Gasteiger partial charge >= 0.3 is 0 Å². The molecule has 0 radical (unpaired) electrons. The molecule has 1 aliphatic rings. The number of fused-ring (bicyclic) bond motifs is 1. The highest BCUT2D eigenvalue weighted by Crippen LogP contribution is 2.29. The molecule has 0 spiro atoms. The first-order chi connectivity index (χ1) is 7.70. The van der Waals surface area contributed by atoms with E-state index in [1.54, 1.807) is 0 Å². The Morgan fingerprint density at radius 3 is 2.75 bits per heavy atom. The standard InChI is InChI=1S/C14H16F2/c1-2-3-4-10-5-6-13-11(7-10)8-12(15)9-14(13)16/h7-9H,2-6H2,1H3. The Balaban J connectivity index is 2.28. The molecule has 1 aliphatic carbocycles. The highest BCUT2D eigenvalue weighted by molar-refractivity contribution is 5.59. The summed E-state index contributed by atoms with van der Waals surface area (Å²) < 4.78 is 26.5. The normalized spacial score (nSPS) is 14.6. The van der Waals surface area contributed by atoms with Gasteiger partial charge in [-0.3, -0.25) is 0 Å². The summed E-state index contributed by atoms with van der Waals surface area (Å²) in [5, 5.41) is 0. The lowest BCUT2D eigenvalue weighted by atomic mass is 9.89. The van der Waals surface area contributed by atoms with Crippen LogP contribution in [0.1, 0.15) is 43.7 Å². The molecule has 1 aromatic rings. The van der Waals surface area contributed by atoms with Crippen molar-refractivity contribution in [2.45, 2.75) is 39.0 Å². The largest absolute Gasteiger partial charge is 0.207 e. The van der Waals surface area contributed by atoms with Crippen LogP contribution in [0.15, 0.2) is 17.7 Å². The average Bonchev–Trinajstić information content (AvgIpc) is 2.25. The smallest absolute Gasteiger partial charge is 0.129 e. The van der Waals surface area contributed by atoms with E-state index in [-0.39, 0.29) is 0 Å². The molecule has 1 aromatic carbocycles. The molecule has 0 atom stereocenters. The van der Waals surface area contributed by atoms with E-state index in [2.05, 4.69) is 6.92 Å². The number of unbranched alkanes of at least 4 members (excludes halogenated alkanes) is 1. The molecular weight excluding hydrogens is 206 g/mol. The van der Waals surface area contributed by atoms with Gasteiger partial charge in [-0.1, -0.05) is 25.0 Å². The Labute approximate surface area is 95.0 Å². The Bertz CT molecular complexity index is 419. The molecule has 86 valence electrons. The molecule has 0 saturated carbocycles. The van der Waals surface area contributed by atoms with E-state index in [4.69, 9.17) is 0 Å². The molecular formula is C14H16F2. The summed E-state index contributed by atoms with van der Waals surface area (Å²) in [6.07, 6.45) is 6.93. The van der Waals surface area contributed by atoms with Crippen LogP contribution in [0.5, 0.6) is 0 Å². The van der Waals surface area contributed by atoms with Crippen molar-refractivity contribution in [3.05, 3.63) is 40.5 Å². The number of rotatable bonds is 3. The Kier molecular flexibility index (Phi) is 3.37. The van der Waals surface area contributed by atoms with Crippen LogP contribution >= 0.6 is 0 Å². The zero-order chi connectivity index (χ0) is 11.5. The second kappa shape index (κ2) is 4.77. The van der Waals surface area contributed by atoms with Crippen LogP contribution in [-0.4, -0.2) is 0 Å². The zero-order valence-electron chi connectivity index (χ0n) is 9.52. The van der Waals surface area contributed by atoms with Gasteiger partial charge in [0.05, 0.1) is 0 Å². The van der Waals surface area contributed by atoms with E-state index in [1.807, 2.05) is 6.08 Å². The molecule has 2 rings (SSSR count). The van der Waals surface area contributed by atoms with Crippen LogP contribution in [0.25, 0.3) is 6.08 Å². The fourth-order valence-corrected chi connectivity index (χ4v) is 2.19. The summed E-state index contributed by atoms with van der Waals surface area (Å²) in [5.74, 6) is -0.884. The van der Waals surface area contributed by atoms with Crippen LogP contribution < -0.4 is 0 Å². The van der Waals surface area contributed by atoms with Gasteiger partial charge in [0.2, 0.25) is 0 Å². The van der Waals surface area contributed by atoms with Gasteiger partial charge in [0.25, 0.3) is 0 Å². The topological polar surface area (TPSA) is 0 Å². The van der Waals surface area contributed by atoms with Gasteiger partial charge < -0.3 is 0 Å². The monoisotopic (exact) mass is 222 g/mol. The second-order valence-corrected chi connectivity index (χ2v) is 4.36. The molecule has 0 N–H and O–H groups in total. The molecule has 0 amide bonds. The minimum atomic E-state index is -0.482. The number of hydrogen-bond acceptors (Lipinski definition) is 0. The highest BCUT2D eigenvalue weighted by Gasteiger charge is 2.15. The molecule has 0 saturated heterocycles. The van der Waals surface area contributed by atoms with Crippen molar-refractivity contribution in [1.29, 1.82) is 0 Å². The third-order valence-electron chi connectivity index (χ3n) is 3.10. The maximum atomic E-state index is 13.4. The van der Waals surface area contributed by atoms with Gasteiger partial charge in [-0.25, -0.2) is 8.78 Å². The second-order valence-electron chi connectivity index (χ2n) is 4.36. The van der Waals surface area contributed by atoms with Gasteiger partial charge in [-0.05, 0) is 42.9 Å². The molecule has 0 fully saturated rings. The molecule has 16 heavy (non-hydrogen) atoms. The van der Waals surface area contributed by atoms with E-state index in [0.29, 0.717) is 12.0 Å². The highest BCUT2D eigenvalue weighted by atomic mass is 19.1. The van der Waals surface area contributed by atoms with Gasteiger partial charge in [0.1, 0.15) is 11.6 Å². The van der Waals surface area contributed by atoms with E-state index in [1.165, 1.54) is 11.6 Å². The fraction of sp³-hybridized carbons (Fsp3) is 0.429. The minimum absolute atomic E-state index is 0.402. The molecule has 0 aromatic heterocycles. The van der Waals surface area contributed by atoms with E-state index in [9.17, 15) is 8.78 Å². The number of hydrogen-bond donors (Lipinski definition) is 0. The molecule has 0 bridgehead atoms. The lowest BCUT2D eigenvalue weighted by Crippen LogP contribution is -2.03. The number of allylic oxidation sites excluding steroid dienone is 1. The van der Waals surface area contributed by atoms with Crippen LogP contribution in [0, 0.1) is 11.6 Å². The Morgan fingerprint density at radius 2 is 2.00 bits per heavy atom. The minimum Gasteiger partial charge on any atom is -0.207 e. The predicted octanol–water partition coefficient (Wildman–Crippen LogP) is 4.48. The van der Waals surface area contributed by atoms with Crippen LogP contribution in [0.2, 0.25) is 0 Å². The summed E-state index contributed by atoms with van der Waals surface area (Å²) >= 11 is 0. The summed E-state index contributed by atoms with van der Waals surface area (Å²) in [6, 6.07) is 2.41. The Hall–Kier alpha value is -1.18. The Morgan fingerprint density at radius 1 is 1.19 bits per heavy atom. The van der Waals surface area contributed by atoms with Crippen molar-refractivity contribution >= 4 is 6.08 Å². The predicted molar refractivity (Wildman–Crippen MR) is 62.2 cm³/mol. The first-order valence-electron chi connectivity index (χ1n) is 5.88. The maximum absolute atomic E-state index is 13.4. The number of halogens is 2. The van der Waals surface area contributed by atoms with Gasteiger partial charge in [0.15, 0.2) is 0 Å². The first-order valence-corrected chi connectivity index (χ1v) is 5.88. The SMILES string of the molecule is CCCCC1=Cc2cc(F)cc(F)c2CC1. The lowest BCUT2D eigenvalue weighted by Gasteiger charge is -2.17. The van der Waals surface area contributed by atoms with Crippen LogP contribution in [-0.2, 0) is 6.42 Å². The molecule has 0 unspecified atom stereocenters. The van der Waals surface area contributed by atoms with Crippen molar-refractivity contribution in [2.24, 2.45) is 0 Å². The van der Waals surface area contributed by atoms with Crippen molar-refractivity contribution in [3.63, 3.8) is 0 Å². The third-order valence-corrected chi connectivity index (χ3v) is 3.10. The van der Waals surface area contributed by atoms with Crippen molar-refractivity contribution < 1.29 is 8.78 Å². The molecule has 0 nitrogen and oxygen atoms in total. The van der Waals surface area contributed by atoms with Gasteiger partial charge in [0, 0.05) is 6.07 Å². The van der Waals surface area contributed by atoms with Crippen LogP contribution in [0.3, 0.4) is 0 Å². The fourth-order valence-electron chi connectivity index (χ4n) is 2.19. The van der Waals surface area contributed by atoms with Crippen molar-refractivity contribution in [1.82, 2.24) is 0 Å². The zero-order valence-corrected chi connectivity index (χ0v) is 9.52. The number of benzene rings is 1. The summed E-state index contributed by atoms with van der Waals surface area (Å²) in [4.78, 5) is 0. The van der Waals surface area contributed by atoms with Crippen molar-refractivity contribution in [3.8, 4) is 0 Å². The molecule has 2 heteroatoms. The van der Waals surface area contributed by atoms with Gasteiger partial charge in [-0.15, -0.1) is 0 Å². The van der Waals surface area contributed by atoms with E-state index >= 15 is 0 Å². The quantitative estimate of drug-likeness (QED) is 0.707. The first kappa shape index (κ1) is 11.3. The third kappa shape index (κ3) is 2.31. The maximum Gasteiger partial charge on any atom is 0.129 e. The van der Waals surface area contributed by atoms with E-state index < -0.39 is 11.6 Å². The molecule has 0 aliphatic heterocycles. The summed E-state index contributed by atoms with van der Waals surface area (Å²) in [5.41, 5.74) is 2.72. The van der Waals surface area contributed by atoms with E-state index in [0.717, 1.165) is 37.3 Å². The van der Waals surface area contributed by atoms with Gasteiger partial charge in [-0.2, -0.15) is 0 Å². The van der Waals surface area contributed by atoms with Crippen molar-refractivity contribution in [2.75, 3.05) is 0 Å². The summed E-state index contributed by atoms with van der Waals surface area (Å²) in [6.45, 7) is 2.15. The lowest BCUT2D eigenvalue weighted by molar-refractivity contribution is 0.568.